The highest BCUT2D eigenvalue weighted by atomic mass is 16.3. The zero-order valence-electron chi connectivity index (χ0n) is 13.4. The van der Waals surface area contributed by atoms with E-state index in [1.54, 1.807) is 0 Å². The zero-order chi connectivity index (χ0) is 14.3. The molecule has 114 valence electrons. The van der Waals surface area contributed by atoms with Gasteiger partial charge in [0.2, 0.25) is 0 Å². The molecular weight excluding hydrogens is 236 g/mol. The molecule has 1 aliphatic rings. The van der Waals surface area contributed by atoms with Gasteiger partial charge < -0.3 is 15.3 Å². The number of aliphatic hydroxyl groups is 1. The molecule has 0 radical (unpaired) electrons. The van der Waals surface area contributed by atoms with E-state index in [9.17, 15) is 5.11 Å². The molecule has 0 aromatic rings. The summed E-state index contributed by atoms with van der Waals surface area (Å²) in [7, 11) is 2.00. The molecule has 0 heterocycles. The number of hydrogen-bond donors (Lipinski definition) is 2. The van der Waals surface area contributed by atoms with Crippen LogP contribution in [0.25, 0.3) is 0 Å². The molecule has 0 saturated heterocycles. The first-order valence-corrected chi connectivity index (χ1v) is 8.18. The highest BCUT2D eigenvalue weighted by Gasteiger charge is 2.36. The number of nitrogens with one attached hydrogen (secondary N) is 1. The number of nitrogens with zero attached hydrogens (tertiary/aromatic N) is 1. The van der Waals surface area contributed by atoms with E-state index in [1.807, 2.05) is 7.05 Å². The molecule has 3 heteroatoms. The Kier molecular flexibility index (Phi) is 7.33. The minimum absolute atomic E-state index is 0.0374. The summed E-state index contributed by atoms with van der Waals surface area (Å²) in [5.74, 6) is 0.819. The minimum atomic E-state index is -0.0374. The highest BCUT2D eigenvalue weighted by molar-refractivity contribution is 4.95. The fourth-order valence-electron chi connectivity index (χ4n) is 3.51. The standard InChI is InChI=1S/C16H34N2O/c1-5-14(6-2)12-18(7-3)15-9-8-10-16(11-15,13-19)17-4/h14-15,17,19H,5-13H2,1-4H3. The van der Waals surface area contributed by atoms with Crippen molar-refractivity contribution in [3.8, 4) is 0 Å². The molecule has 0 aromatic carbocycles. The molecule has 0 aliphatic heterocycles. The van der Waals surface area contributed by atoms with E-state index in [4.69, 9.17) is 0 Å². The van der Waals surface area contributed by atoms with Gasteiger partial charge >= 0.3 is 0 Å². The van der Waals surface area contributed by atoms with E-state index in [2.05, 4.69) is 31.0 Å². The van der Waals surface area contributed by atoms with Gasteiger partial charge in [-0.15, -0.1) is 0 Å². The molecule has 2 unspecified atom stereocenters. The second kappa shape index (κ2) is 8.23. The normalized spacial score (nSPS) is 28.3. The van der Waals surface area contributed by atoms with Gasteiger partial charge in [0.15, 0.2) is 0 Å². The van der Waals surface area contributed by atoms with Crippen molar-refractivity contribution in [2.45, 2.75) is 70.9 Å². The van der Waals surface area contributed by atoms with Crippen LogP contribution in [0.4, 0.5) is 0 Å². The summed E-state index contributed by atoms with van der Waals surface area (Å²) >= 11 is 0. The topological polar surface area (TPSA) is 35.5 Å². The third-order valence-electron chi connectivity index (χ3n) is 5.22. The van der Waals surface area contributed by atoms with Crippen LogP contribution in [-0.4, -0.2) is 48.3 Å². The van der Waals surface area contributed by atoms with Crippen molar-refractivity contribution >= 4 is 0 Å². The van der Waals surface area contributed by atoms with Gasteiger partial charge in [0.25, 0.3) is 0 Å². The average Bonchev–Trinajstić information content (AvgIpc) is 2.48. The molecule has 2 N–H and O–H groups in total. The Labute approximate surface area is 119 Å². The average molecular weight is 270 g/mol. The van der Waals surface area contributed by atoms with Crippen molar-refractivity contribution < 1.29 is 5.11 Å². The van der Waals surface area contributed by atoms with Gasteiger partial charge in [-0.25, -0.2) is 0 Å². The van der Waals surface area contributed by atoms with Crippen molar-refractivity contribution in [2.75, 3.05) is 26.7 Å². The third kappa shape index (κ3) is 4.44. The summed E-state index contributed by atoms with van der Waals surface area (Å²) in [5.41, 5.74) is -0.0374. The Morgan fingerprint density at radius 2 is 2.00 bits per heavy atom. The molecule has 0 bridgehead atoms. The quantitative estimate of drug-likeness (QED) is 0.712. The maximum absolute atomic E-state index is 9.71. The lowest BCUT2D eigenvalue weighted by Crippen LogP contribution is -2.55. The Hall–Kier alpha value is -0.120. The Morgan fingerprint density at radius 3 is 2.47 bits per heavy atom. The third-order valence-corrected chi connectivity index (χ3v) is 5.22. The molecule has 0 aromatic heterocycles. The summed E-state index contributed by atoms with van der Waals surface area (Å²) in [6.45, 7) is 9.49. The monoisotopic (exact) mass is 270 g/mol. The Morgan fingerprint density at radius 1 is 1.32 bits per heavy atom. The number of hydrogen-bond acceptors (Lipinski definition) is 3. The van der Waals surface area contributed by atoms with Crippen molar-refractivity contribution in [2.24, 2.45) is 5.92 Å². The smallest absolute Gasteiger partial charge is 0.0613 e. The lowest BCUT2D eigenvalue weighted by Gasteiger charge is -2.44. The lowest BCUT2D eigenvalue weighted by atomic mass is 9.78. The van der Waals surface area contributed by atoms with E-state index < -0.39 is 0 Å². The van der Waals surface area contributed by atoms with Crippen LogP contribution in [0, 0.1) is 5.92 Å². The second-order valence-electron chi connectivity index (χ2n) is 6.21. The van der Waals surface area contributed by atoms with Crippen molar-refractivity contribution in [1.29, 1.82) is 0 Å². The fourth-order valence-corrected chi connectivity index (χ4v) is 3.51. The lowest BCUT2D eigenvalue weighted by molar-refractivity contribution is 0.0578. The van der Waals surface area contributed by atoms with Crippen LogP contribution >= 0.6 is 0 Å². The highest BCUT2D eigenvalue weighted by Crippen LogP contribution is 2.31. The summed E-state index contributed by atoms with van der Waals surface area (Å²) in [5, 5.41) is 13.1. The predicted octanol–water partition coefficient (Wildman–Crippen LogP) is 2.64. The summed E-state index contributed by atoms with van der Waals surface area (Å²) in [6.07, 6.45) is 7.27. The Balaban J connectivity index is 2.64. The molecule has 19 heavy (non-hydrogen) atoms. The summed E-state index contributed by atoms with van der Waals surface area (Å²) in [4.78, 5) is 2.65. The van der Waals surface area contributed by atoms with E-state index in [0.717, 1.165) is 25.3 Å². The molecule has 1 aliphatic carbocycles. The molecule has 3 nitrogen and oxygen atoms in total. The molecule has 1 saturated carbocycles. The van der Waals surface area contributed by atoms with E-state index in [0.29, 0.717) is 6.04 Å². The largest absolute Gasteiger partial charge is 0.394 e. The van der Waals surface area contributed by atoms with Gasteiger partial charge in [0.1, 0.15) is 0 Å². The number of rotatable bonds is 8. The van der Waals surface area contributed by atoms with E-state index in [-0.39, 0.29) is 12.1 Å². The van der Waals surface area contributed by atoms with E-state index >= 15 is 0 Å². The van der Waals surface area contributed by atoms with Crippen LogP contribution < -0.4 is 5.32 Å². The maximum atomic E-state index is 9.71. The number of aliphatic hydroxyl groups excluding tert-OH is 1. The second-order valence-corrected chi connectivity index (χ2v) is 6.21. The molecule has 2 atom stereocenters. The SMILES string of the molecule is CCC(CC)CN(CC)C1CCCC(CO)(NC)C1. The molecule has 1 fully saturated rings. The van der Waals surface area contributed by atoms with Crippen LogP contribution in [0.2, 0.25) is 0 Å². The van der Waals surface area contributed by atoms with Gasteiger partial charge in [-0.1, -0.05) is 33.6 Å². The Bertz CT molecular complexity index is 237. The first kappa shape index (κ1) is 16.9. The first-order valence-electron chi connectivity index (χ1n) is 8.18. The molecular formula is C16H34N2O. The fraction of sp³-hybridized carbons (Fsp3) is 1.00. The van der Waals surface area contributed by atoms with Gasteiger partial charge in [-0.2, -0.15) is 0 Å². The van der Waals surface area contributed by atoms with Gasteiger partial charge in [-0.05, 0) is 45.2 Å². The van der Waals surface area contributed by atoms with Crippen LogP contribution in [0.5, 0.6) is 0 Å². The minimum Gasteiger partial charge on any atom is -0.394 e. The molecule has 0 amide bonds. The summed E-state index contributed by atoms with van der Waals surface area (Å²) in [6, 6.07) is 0.638. The van der Waals surface area contributed by atoms with Crippen LogP contribution in [0.15, 0.2) is 0 Å². The van der Waals surface area contributed by atoms with Gasteiger partial charge in [0, 0.05) is 18.1 Å². The van der Waals surface area contributed by atoms with Gasteiger partial charge in [0.05, 0.1) is 6.61 Å². The summed E-state index contributed by atoms with van der Waals surface area (Å²) < 4.78 is 0. The first-order chi connectivity index (χ1) is 9.14. The predicted molar refractivity (Wildman–Crippen MR) is 82.5 cm³/mol. The van der Waals surface area contributed by atoms with Crippen molar-refractivity contribution in [3.63, 3.8) is 0 Å². The molecule has 1 rings (SSSR count). The zero-order valence-corrected chi connectivity index (χ0v) is 13.4. The van der Waals surface area contributed by atoms with Gasteiger partial charge in [-0.3, -0.25) is 0 Å². The van der Waals surface area contributed by atoms with Crippen LogP contribution in [-0.2, 0) is 0 Å². The number of likely N-dealkylation sites (N-methyl/N-ethyl adjacent to an activating group) is 1. The van der Waals surface area contributed by atoms with Crippen LogP contribution in [0.3, 0.4) is 0 Å². The van der Waals surface area contributed by atoms with Crippen molar-refractivity contribution in [1.82, 2.24) is 10.2 Å². The maximum Gasteiger partial charge on any atom is 0.0613 e. The molecule has 0 spiro atoms. The van der Waals surface area contributed by atoms with E-state index in [1.165, 1.54) is 32.2 Å². The van der Waals surface area contributed by atoms with Crippen LogP contribution in [0.1, 0.15) is 59.3 Å². The van der Waals surface area contributed by atoms with Crippen molar-refractivity contribution in [3.05, 3.63) is 0 Å².